The smallest absolute Gasteiger partial charge is 0.220 e. The maximum Gasteiger partial charge on any atom is 0.220 e. The van der Waals surface area contributed by atoms with E-state index in [1.807, 2.05) is 0 Å². The van der Waals surface area contributed by atoms with Crippen molar-refractivity contribution >= 4 is 17.2 Å². The van der Waals surface area contributed by atoms with E-state index in [-0.39, 0.29) is 11.3 Å². The first-order chi connectivity index (χ1) is 9.95. The molecule has 0 saturated carbocycles. The molecule has 1 aromatic rings. The van der Waals surface area contributed by atoms with Crippen LogP contribution in [0, 0.1) is 5.92 Å². The largest absolute Gasteiger partial charge is 0.350 e. The Hall–Kier alpha value is -0.940. The third-order valence-electron chi connectivity index (χ3n) is 4.00. The van der Waals surface area contributed by atoms with E-state index in [1.54, 1.807) is 11.3 Å². The van der Waals surface area contributed by atoms with Gasteiger partial charge in [-0.15, -0.1) is 11.3 Å². The number of carbonyl (C=O) groups excluding carboxylic acids is 1. The molecule has 0 spiro atoms. The molecule has 2 N–H and O–H groups in total. The summed E-state index contributed by atoms with van der Waals surface area (Å²) in [6, 6.07) is 0. The number of amides is 1. The fraction of sp³-hybridized carbons (Fsp3) is 0.750. The summed E-state index contributed by atoms with van der Waals surface area (Å²) in [5.41, 5.74) is 1.18. The van der Waals surface area contributed by atoms with Crippen LogP contribution in [-0.2, 0) is 16.8 Å². The van der Waals surface area contributed by atoms with Crippen LogP contribution in [0.1, 0.15) is 57.2 Å². The average Bonchev–Trinajstić information content (AvgIpc) is 2.93. The molecule has 1 aliphatic rings. The van der Waals surface area contributed by atoms with Crippen LogP contribution in [0.3, 0.4) is 0 Å². The molecule has 5 heteroatoms. The Morgan fingerprint density at radius 1 is 1.43 bits per heavy atom. The molecule has 118 valence electrons. The summed E-state index contributed by atoms with van der Waals surface area (Å²) in [5.74, 6) is 0.866. The van der Waals surface area contributed by atoms with Crippen LogP contribution >= 0.6 is 11.3 Å². The maximum atomic E-state index is 11.9. The Morgan fingerprint density at radius 2 is 2.14 bits per heavy atom. The fourth-order valence-corrected chi connectivity index (χ4v) is 3.47. The summed E-state index contributed by atoms with van der Waals surface area (Å²) in [7, 11) is 0. The van der Waals surface area contributed by atoms with Gasteiger partial charge in [-0.25, -0.2) is 4.98 Å². The van der Waals surface area contributed by atoms with Crippen molar-refractivity contribution in [3.63, 3.8) is 0 Å². The first kappa shape index (κ1) is 16.4. The van der Waals surface area contributed by atoms with Crippen molar-refractivity contribution in [2.24, 2.45) is 5.92 Å². The molecule has 0 radical (unpaired) electrons. The number of nitrogens with zero attached hydrogens (tertiary/aromatic N) is 1. The second-order valence-corrected chi connectivity index (χ2v) is 7.83. The Morgan fingerprint density at radius 3 is 2.76 bits per heavy atom. The molecule has 2 rings (SSSR count). The molecule has 2 heterocycles. The number of piperidine rings is 1. The van der Waals surface area contributed by atoms with Crippen molar-refractivity contribution in [3.05, 3.63) is 16.1 Å². The molecule has 1 amide bonds. The zero-order valence-corrected chi connectivity index (χ0v) is 14.2. The maximum absolute atomic E-state index is 11.9. The summed E-state index contributed by atoms with van der Waals surface area (Å²) in [5, 5.41) is 9.44. The van der Waals surface area contributed by atoms with E-state index in [2.05, 4.69) is 41.8 Å². The molecule has 21 heavy (non-hydrogen) atoms. The van der Waals surface area contributed by atoms with Crippen LogP contribution in [0.5, 0.6) is 0 Å². The third-order valence-corrected chi connectivity index (χ3v) is 4.84. The molecule has 1 aromatic heterocycles. The molecule has 1 aliphatic heterocycles. The summed E-state index contributed by atoms with van der Waals surface area (Å²) in [6.07, 6.45) is 4.06. The van der Waals surface area contributed by atoms with Crippen molar-refractivity contribution < 1.29 is 4.79 Å². The molecular weight excluding hydrogens is 282 g/mol. The Labute approximate surface area is 131 Å². The van der Waals surface area contributed by atoms with Crippen LogP contribution in [0.25, 0.3) is 0 Å². The van der Waals surface area contributed by atoms with Gasteiger partial charge in [-0.2, -0.15) is 0 Å². The Kier molecular flexibility index (Phi) is 5.76. The van der Waals surface area contributed by atoms with Crippen LogP contribution in [-0.4, -0.2) is 24.0 Å². The summed E-state index contributed by atoms with van der Waals surface area (Å²) < 4.78 is 0. The summed E-state index contributed by atoms with van der Waals surface area (Å²) >= 11 is 1.63. The number of hydrogen-bond donors (Lipinski definition) is 2. The van der Waals surface area contributed by atoms with Crippen molar-refractivity contribution in [1.82, 2.24) is 15.6 Å². The highest BCUT2D eigenvalue weighted by Crippen LogP contribution is 2.23. The first-order valence-electron chi connectivity index (χ1n) is 7.87. The predicted molar refractivity (Wildman–Crippen MR) is 87.5 cm³/mol. The number of aromatic nitrogens is 1. The second kappa shape index (κ2) is 7.36. The van der Waals surface area contributed by atoms with Crippen LogP contribution in [0.15, 0.2) is 5.38 Å². The van der Waals surface area contributed by atoms with Gasteiger partial charge in [0.2, 0.25) is 5.91 Å². The number of thiazole rings is 1. The summed E-state index contributed by atoms with van der Waals surface area (Å²) in [6.45, 7) is 9.23. The van der Waals surface area contributed by atoms with Gasteiger partial charge in [-0.3, -0.25) is 4.79 Å². The van der Waals surface area contributed by atoms with Gasteiger partial charge in [0, 0.05) is 17.2 Å². The topological polar surface area (TPSA) is 54.0 Å². The van der Waals surface area contributed by atoms with E-state index in [0.29, 0.717) is 18.9 Å². The minimum absolute atomic E-state index is 0.0772. The lowest BCUT2D eigenvalue weighted by Gasteiger charge is -2.22. The summed E-state index contributed by atoms with van der Waals surface area (Å²) in [4.78, 5) is 16.5. The third kappa shape index (κ3) is 5.40. The molecule has 4 nitrogen and oxygen atoms in total. The van der Waals surface area contributed by atoms with Gasteiger partial charge in [-0.05, 0) is 38.3 Å². The van der Waals surface area contributed by atoms with E-state index < -0.39 is 0 Å². The molecule has 0 atom stereocenters. The minimum Gasteiger partial charge on any atom is -0.350 e. The van der Waals surface area contributed by atoms with Gasteiger partial charge >= 0.3 is 0 Å². The number of rotatable bonds is 5. The Bertz CT molecular complexity index is 458. The molecular formula is C16H27N3OS. The van der Waals surface area contributed by atoms with Gasteiger partial charge in [0.1, 0.15) is 5.01 Å². The van der Waals surface area contributed by atoms with E-state index in [4.69, 9.17) is 0 Å². The lowest BCUT2D eigenvalue weighted by molar-refractivity contribution is -0.121. The highest BCUT2D eigenvalue weighted by molar-refractivity contribution is 7.09. The predicted octanol–water partition coefficient (Wildman–Crippen LogP) is 2.84. The van der Waals surface area contributed by atoms with Gasteiger partial charge in [0.15, 0.2) is 0 Å². The van der Waals surface area contributed by atoms with Gasteiger partial charge in [-0.1, -0.05) is 20.8 Å². The highest BCUT2D eigenvalue weighted by Gasteiger charge is 2.18. The lowest BCUT2D eigenvalue weighted by atomic mass is 9.93. The normalized spacial score (nSPS) is 16.9. The van der Waals surface area contributed by atoms with Crippen molar-refractivity contribution in [2.75, 3.05) is 13.1 Å². The fourth-order valence-electron chi connectivity index (χ4n) is 2.50. The Balaban J connectivity index is 1.70. The number of nitrogens with one attached hydrogen (secondary N) is 2. The van der Waals surface area contributed by atoms with Crippen molar-refractivity contribution in [1.29, 1.82) is 0 Å². The van der Waals surface area contributed by atoms with Crippen LogP contribution in [0.2, 0.25) is 0 Å². The molecule has 1 fully saturated rings. The molecule has 0 bridgehead atoms. The highest BCUT2D eigenvalue weighted by atomic mass is 32.1. The van der Waals surface area contributed by atoms with Gasteiger partial charge < -0.3 is 10.6 Å². The SMILES string of the molecule is CC(C)(C)c1csc(CNC(=O)CCC2CCNCC2)n1. The zero-order valence-electron chi connectivity index (χ0n) is 13.4. The van der Waals surface area contributed by atoms with Crippen molar-refractivity contribution in [2.45, 2.75) is 58.4 Å². The quantitative estimate of drug-likeness (QED) is 0.879. The lowest BCUT2D eigenvalue weighted by Crippen LogP contribution is -2.29. The standard InChI is InChI=1S/C16H27N3OS/c1-16(2,3)13-11-21-15(19-13)10-18-14(20)5-4-12-6-8-17-9-7-12/h11-12,17H,4-10H2,1-3H3,(H,18,20). The first-order valence-corrected chi connectivity index (χ1v) is 8.75. The number of carbonyl (C=O) groups is 1. The molecule has 1 saturated heterocycles. The molecule has 0 aromatic carbocycles. The van der Waals surface area contributed by atoms with E-state index in [1.165, 1.54) is 12.8 Å². The average molecular weight is 309 g/mol. The number of hydrogen-bond acceptors (Lipinski definition) is 4. The monoisotopic (exact) mass is 309 g/mol. The minimum atomic E-state index is 0.0772. The molecule has 0 aliphatic carbocycles. The van der Waals surface area contributed by atoms with Crippen LogP contribution in [0.4, 0.5) is 0 Å². The van der Waals surface area contributed by atoms with Crippen LogP contribution < -0.4 is 10.6 Å². The molecule has 0 unspecified atom stereocenters. The van der Waals surface area contributed by atoms with E-state index in [9.17, 15) is 4.79 Å². The van der Waals surface area contributed by atoms with Gasteiger partial charge in [0.25, 0.3) is 0 Å². The second-order valence-electron chi connectivity index (χ2n) is 6.89. The van der Waals surface area contributed by atoms with E-state index >= 15 is 0 Å². The van der Waals surface area contributed by atoms with E-state index in [0.717, 1.165) is 30.2 Å². The van der Waals surface area contributed by atoms with Crippen molar-refractivity contribution in [3.8, 4) is 0 Å². The van der Waals surface area contributed by atoms with Gasteiger partial charge in [0.05, 0.1) is 12.2 Å². The zero-order chi connectivity index (χ0) is 15.3.